The van der Waals surface area contributed by atoms with Crippen LogP contribution in [0.5, 0.6) is 5.75 Å². The quantitative estimate of drug-likeness (QED) is 0.0687. The van der Waals surface area contributed by atoms with Crippen molar-refractivity contribution < 1.29 is 29.4 Å². The Labute approximate surface area is 213 Å². The number of aliphatic imine (C=N–C) groups is 1. The number of nitrogens with one attached hydrogen (secondary N) is 3. The molecular weight excluding hydrogens is 490 g/mol. The van der Waals surface area contributed by atoms with E-state index in [1.54, 1.807) is 12.1 Å². The molecule has 1 rings (SSSR count). The molecule has 0 bridgehead atoms. The van der Waals surface area contributed by atoms with Crippen molar-refractivity contribution in [2.45, 2.75) is 43.8 Å². The van der Waals surface area contributed by atoms with Gasteiger partial charge in [-0.05, 0) is 49.0 Å². The smallest absolute Gasteiger partial charge is 0.326 e. The number of carboxylic acid groups (broad SMARTS) is 1. The first-order valence-corrected chi connectivity index (χ1v) is 12.6. The van der Waals surface area contributed by atoms with Gasteiger partial charge in [-0.1, -0.05) is 12.1 Å². The lowest BCUT2D eigenvalue weighted by Crippen LogP contribution is -2.56. The second-order valence-electron chi connectivity index (χ2n) is 7.89. The molecule has 0 saturated carbocycles. The van der Waals surface area contributed by atoms with Crippen LogP contribution in [-0.4, -0.2) is 83.1 Å². The fourth-order valence-electron chi connectivity index (χ4n) is 3.14. The molecule has 0 spiro atoms. The van der Waals surface area contributed by atoms with Crippen LogP contribution in [0, 0.1) is 0 Å². The number of carbonyl (C=O) groups excluding carboxylic acids is 3. The summed E-state index contributed by atoms with van der Waals surface area (Å²) < 4.78 is 0. The summed E-state index contributed by atoms with van der Waals surface area (Å²) in [4.78, 5) is 53.5. The third-order valence-corrected chi connectivity index (χ3v) is 5.66. The highest BCUT2D eigenvalue weighted by Gasteiger charge is 2.29. The van der Waals surface area contributed by atoms with E-state index >= 15 is 0 Å². The van der Waals surface area contributed by atoms with Gasteiger partial charge in [0.15, 0.2) is 5.96 Å². The van der Waals surface area contributed by atoms with Crippen LogP contribution in [0.25, 0.3) is 0 Å². The third-order valence-electron chi connectivity index (χ3n) is 5.02. The molecule has 0 aliphatic rings. The molecule has 13 nitrogen and oxygen atoms in total. The van der Waals surface area contributed by atoms with Crippen LogP contribution >= 0.6 is 11.8 Å². The Hall–Kier alpha value is -3.52. The Morgan fingerprint density at radius 1 is 0.972 bits per heavy atom. The molecule has 36 heavy (non-hydrogen) atoms. The summed E-state index contributed by atoms with van der Waals surface area (Å²) >= 11 is 1.44. The fourth-order valence-corrected chi connectivity index (χ4v) is 3.61. The molecule has 11 N–H and O–H groups in total. The molecule has 3 unspecified atom stereocenters. The molecule has 3 amide bonds. The highest BCUT2D eigenvalue weighted by atomic mass is 32.2. The number of thioether (sulfide) groups is 1. The van der Waals surface area contributed by atoms with Gasteiger partial charge in [-0.2, -0.15) is 11.8 Å². The molecule has 14 heteroatoms. The van der Waals surface area contributed by atoms with Gasteiger partial charge in [-0.3, -0.25) is 19.4 Å². The Morgan fingerprint density at radius 3 is 2.14 bits per heavy atom. The van der Waals surface area contributed by atoms with Crippen molar-refractivity contribution in [2.24, 2.45) is 22.2 Å². The van der Waals surface area contributed by atoms with Gasteiger partial charge in [0.1, 0.15) is 23.9 Å². The zero-order chi connectivity index (χ0) is 27.1. The molecule has 1 aromatic rings. The van der Waals surface area contributed by atoms with E-state index in [1.807, 2.05) is 6.26 Å². The maximum absolute atomic E-state index is 13.1. The topological polar surface area (TPSA) is 235 Å². The second-order valence-corrected chi connectivity index (χ2v) is 8.87. The molecule has 1 aromatic carbocycles. The second kappa shape index (κ2) is 16.2. The van der Waals surface area contributed by atoms with Crippen LogP contribution in [0.3, 0.4) is 0 Å². The Bertz CT molecular complexity index is 909. The van der Waals surface area contributed by atoms with Crippen LogP contribution in [0.4, 0.5) is 0 Å². The first-order valence-electron chi connectivity index (χ1n) is 11.2. The molecule has 0 heterocycles. The van der Waals surface area contributed by atoms with Crippen LogP contribution in [-0.2, 0) is 25.6 Å². The zero-order valence-electron chi connectivity index (χ0n) is 20.1. The number of carbonyl (C=O) groups is 4. The Morgan fingerprint density at radius 2 is 1.58 bits per heavy atom. The first-order chi connectivity index (χ1) is 17.1. The Kier molecular flexibility index (Phi) is 13.7. The summed E-state index contributed by atoms with van der Waals surface area (Å²) in [6.45, 7) is -0.122. The molecule has 0 radical (unpaired) electrons. The van der Waals surface area contributed by atoms with Crippen LogP contribution in [0.1, 0.15) is 24.8 Å². The lowest BCUT2D eigenvalue weighted by Gasteiger charge is -2.24. The molecule has 200 valence electrons. The predicted octanol–water partition coefficient (Wildman–Crippen LogP) is -1.76. The number of guanidine groups is 1. The van der Waals surface area contributed by atoms with Gasteiger partial charge >= 0.3 is 5.97 Å². The predicted molar refractivity (Wildman–Crippen MR) is 137 cm³/mol. The summed E-state index contributed by atoms with van der Waals surface area (Å²) in [5.74, 6) is -2.70. The van der Waals surface area contributed by atoms with Crippen LogP contribution < -0.4 is 33.2 Å². The number of nitrogens with two attached hydrogens (primary N) is 3. The molecule has 0 aliphatic heterocycles. The van der Waals surface area contributed by atoms with E-state index in [1.165, 1.54) is 23.9 Å². The van der Waals surface area contributed by atoms with Crippen LogP contribution in [0.15, 0.2) is 29.3 Å². The fraction of sp³-hybridized carbons (Fsp3) is 0.500. The van der Waals surface area contributed by atoms with E-state index in [-0.39, 0.29) is 44.1 Å². The lowest BCUT2D eigenvalue weighted by atomic mass is 10.0. The minimum atomic E-state index is -1.19. The van der Waals surface area contributed by atoms with Crippen molar-refractivity contribution in [1.29, 1.82) is 0 Å². The number of rotatable bonds is 16. The molecule has 0 aromatic heterocycles. The van der Waals surface area contributed by atoms with Gasteiger partial charge < -0.3 is 43.4 Å². The number of phenols is 1. The summed E-state index contributed by atoms with van der Waals surface area (Å²) in [6, 6.07) is 2.68. The van der Waals surface area contributed by atoms with Gasteiger partial charge in [0, 0.05) is 13.0 Å². The van der Waals surface area contributed by atoms with E-state index in [4.69, 9.17) is 17.2 Å². The lowest BCUT2D eigenvalue weighted by molar-refractivity contribution is -0.142. The number of hydrogen-bond donors (Lipinski definition) is 8. The van der Waals surface area contributed by atoms with E-state index < -0.39 is 41.8 Å². The monoisotopic (exact) mass is 525 g/mol. The van der Waals surface area contributed by atoms with Gasteiger partial charge in [-0.25, -0.2) is 4.79 Å². The number of nitrogens with zero attached hydrogens (tertiary/aromatic N) is 1. The molecule has 0 aliphatic carbocycles. The number of aromatic hydroxyl groups is 1. The minimum absolute atomic E-state index is 0.0122. The summed E-state index contributed by atoms with van der Waals surface area (Å²) in [5, 5.41) is 26.6. The third kappa shape index (κ3) is 11.8. The Balaban J connectivity index is 3.08. The average Bonchev–Trinajstić information content (AvgIpc) is 2.83. The molecule has 0 fully saturated rings. The average molecular weight is 526 g/mol. The van der Waals surface area contributed by atoms with Gasteiger partial charge in [0.2, 0.25) is 17.7 Å². The van der Waals surface area contributed by atoms with Gasteiger partial charge in [-0.15, -0.1) is 0 Å². The molecular formula is C22H35N7O6S. The van der Waals surface area contributed by atoms with Gasteiger partial charge in [0.05, 0.1) is 6.54 Å². The molecule has 3 atom stereocenters. The first kappa shape index (κ1) is 30.5. The number of amides is 3. The summed E-state index contributed by atoms with van der Waals surface area (Å²) in [6.07, 6.45) is 2.54. The van der Waals surface area contributed by atoms with E-state index in [0.717, 1.165) is 0 Å². The number of aliphatic carboxylic acids is 1. The SMILES string of the molecule is CSCCC(NC(=O)C(Cc1ccc(O)cc1)NC(=O)C(CCCN=C(N)N)NC(=O)CN)C(=O)O. The van der Waals surface area contributed by atoms with Crippen molar-refractivity contribution >= 4 is 41.4 Å². The zero-order valence-corrected chi connectivity index (χ0v) is 20.9. The standard InChI is InChI=1S/C22H35N7O6S/c1-36-10-8-16(21(34)35)28-20(33)17(11-13-4-6-14(30)7-5-13)29-19(32)15(27-18(31)12-23)3-2-9-26-22(24)25/h4-7,15-17,30H,2-3,8-12,23H2,1H3,(H,27,31)(H,28,33)(H,29,32)(H,34,35)(H4,24,25,26). The van der Waals surface area contributed by atoms with E-state index in [9.17, 15) is 29.4 Å². The highest BCUT2D eigenvalue weighted by molar-refractivity contribution is 7.98. The van der Waals surface area contributed by atoms with Crippen molar-refractivity contribution in [3.63, 3.8) is 0 Å². The summed E-state index contributed by atoms with van der Waals surface area (Å²) in [5.41, 5.74) is 16.6. The van der Waals surface area contributed by atoms with E-state index in [0.29, 0.717) is 17.7 Å². The van der Waals surface area contributed by atoms with Crippen molar-refractivity contribution in [1.82, 2.24) is 16.0 Å². The van der Waals surface area contributed by atoms with E-state index in [2.05, 4.69) is 20.9 Å². The normalized spacial score (nSPS) is 13.1. The van der Waals surface area contributed by atoms with Crippen molar-refractivity contribution in [2.75, 3.05) is 25.1 Å². The molecule has 0 saturated heterocycles. The van der Waals surface area contributed by atoms with Crippen molar-refractivity contribution in [3.05, 3.63) is 29.8 Å². The maximum atomic E-state index is 13.1. The maximum Gasteiger partial charge on any atom is 0.326 e. The van der Waals surface area contributed by atoms with Crippen LogP contribution in [0.2, 0.25) is 0 Å². The van der Waals surface area contributed by atoms with Crippen molar-refractivity contribution in [3.8, 4) is 5.75 Å². The number of carboxylic acids is 1. The number of phenolic OH excluding ortho intramolecular Hbond substituents is 1. The van der Waals surface area contributed by atoms with Gasteiger partial charge in [0.25, 0.3) is 0 Å². The largest absolute Gasteiger partial charge is 0.508 e. The minimum Gasteiger partial charge on any atom is -0.508 e. The number of hydrogen-bond acceptors (Lipinski definition) is 8. The summed E-state index contributed by atoms with van der Waals surface area (Å²) in [7, 11) is 0. The highest BCUT2D eigenvalue weighted by Crippen LogP contribution is 2.12. The number of benzene rings is 1.